The standard InChI is InChI=1S/C19H19FN4O4S/c1-12-17-15(19(25)23-7-9-24(10-8-23)29(2,26)27)11-16(21-18(17)28-22-12)13-3-5-14(20)6-4-13/h3-6,11H,7-10H2,1-2H3. The van der Waals surface area contributed by atoms with Crippen molar-refractivity contribution < 1.29 is 22.1 Å². The van der Waals surface area contributed by atoms with E-state index in [1.807, 2.05) is 0 Å². The molecule has 1 amide bonds. The lowest BCUT2D eigenvalue weighted by molar-refractivity contribution is 0.0700. The van der Waals surface area contributed by atoms with Gasteiger partial charge in [0.15, 0.2) is 0 Å². The molecule has 3 heterocycles. The van der Waals surface area contributed by atoms with E-state index in [1.54, 1.807) is 30.0 Å². The number of benzene rings is 1. The average Bonchev–Trinajstić information content (AvgIpc) is 3.08. The van der Waals surface area contributed by atoms with Gasteiger partial charge < -0.3 is 9.42 Å². The lowest BCUT2D eigenvalue weighted by Crippen LogP contribution is -2.50. The molecule has 0 N–H and O–H groups in total. The number of aromatic nitrogens is 2. The fraction of sp³-hybridized carbons (Fsp3) is 0.316. The zero-order valence-corrected chi connectivity index (χ0v) is 16.7. The van der Waals surface area contributed by atoms with Crippen LogP contribution in [0.2, 0.25) is 0 Å². The van der Waals surface area contributed by atoms with Gasteiger partial charge in [-0.05, 0) is 37.3 Å². The quantitative estimate of drug-likeness (QED) is 0.646. The van der Waals surface area contributed by atoms with Crippen LogP contribution in [0.3, 0.4) is 0 Å². The van der Waals surface area contributed by atoms with E-state index < -0.39 is 10.0 Å². The molecule has 1 aliphatic rings. The summed E-state index contributed by atoms with van der Waals surface area (Å²) in [5, 5.41) is 4.44. The van der Waals surface area contributed by atoms with E-state index in [1.165, 1.54) is 16.4 Å². The van der Waals surface area contributed by atoms with Crippen LogP contribution in [0.15, 0.2) is 34.9 Å². The van der Waals surface area contributed by atoms with E-state index in [2.05, 4.69) is 10.1 Å². The third-order valence-corrected chi connectivity index (χ3v) is 6.29. The van der Waals surface area contributed by atoms with Crippen molar-refractivity contribution in [2.75, 3.05) is 32.4 Å². The topological polar surface area (TPSA) is 96.6 Å². The first-order chi connectivity index (χ1) is 13.7. The van der Waals surface area contributed by atoms with Crippen molar-refractivity contribution in [2.45, 2.75) is 6.92 Å². The second-order valence-corrected chi connectivity index (χ2v) is 8.95. The van der Waals surface area contributed by atoms with Crippen molar-refractivity contribution >= 4 is 27.0 Å². The Hall–Kier alpha value is -2.85. The van der Waals surface area contributed by atoms with Crippen LogP contribution < -0.4 is 0 Å². The Morgan fingerprint density at radius 2 is 1.79 bits per heavy atom. The molecule has 0 bridgehead atoms. The summed E-state index contributed by atoms with van der Waals surface area (Å²) in [6, 6.07) is 7.43. The molecule has 8 nitrogen and oxygen atoms in total. The number of carbonyl (C=O) groups excluding carboxylic acids is 1. The van der Waals surface area contributed by atoms with E-state index in [0.29, 0.717) is 27.9 Å². The van der Waals surface area contributed by atoms with E-state index >= 15 is 0 Å². The van der Waals surface area contributed by atoms with Crippen LogP contribution in [0, 0.1) is 12.7 Å². The summed E-state index contributed by atoms with van der Waals surface area (Å²) in [6.07, 6.45) is 1.16. The molecule has 152 valence electrons. The van der Waals surface area contributed by atoms with Crippen molar-refractivity contribution in [1.29, 1.82) is 0 Å². The van der Waals surface area contributed by atoms with Crippen molar-refractivity contribution in [3.05, 3.63) is 47.4 Å². The van der Waals surface area contributed by atoms with Gasteiger partial charge in [0, 0.05) is 31.7 Å². The molecule has 0 aliphatic carbocycles. The van der Waals surface area contributed by atoms with Crippen LogP contribution in [-0.2, 0) is 10.0 Å². The predicted octanol–water partition coefficient (Wildman–Crippen LogP) is 2.05. The van der Waals surface area contributed by atoms with E-state index in [9.17, 15) is 17.6 Å². The normalized spacial score (nSPS) is 15.8. The number of aryl methyl sites for hydroxylation is 1. The van der Waals surface area contributed by atoms with Crippen molar-refractivity contribution in [2.24, 2.45) is 0 Å². The van der Waals surface area contributed by atoms with Crippen molar-refractivity contribution in [3.8, 4) is 11.3 Å². The molecule has 0 radical (unpaired) electrons. The number of amides is 1. The third-order valence-electron chi connectivity index (χ3n) is 4.98. The molecule has 1 saturated heterocycles. The van der Waals surface area contributed by atoms with Gasteiger partial charge in [0.25, 0.3) is 11.6 Å². The van der Waals surface area contributed by atoms with Gasteiger partial charge in [-0.25, -0.2) is 17.8 Å². The fourth-order valence-corrected chi connectivity index (χ4v) is 4.25. The molecule has 1 aliphatic heterocycles. The lowest BCUT2D eigenvalue weighted by Gasteiger charge is -2.33. The van der Waals surface area contributed by atoms with Crippen LogP contribution in [0.5, 0.6) is 0 Å². The first-order valence-corrected chi connectivity index (χ1v) is 10.9. The van der Waals surface area contributed by atoms with Gasteiger partial charge in [0.2, 0.25) is 10.0 Å². The highest BCUT2D eigenvalue weighted by Gasteiger charge is 2.29. The second-order valence-electron chi connectivity index (χ2n) is 6.96. The van der Waals surface area contributed by atoms with Crippen LogP contribution in [0.25, 0.3) is 22.4 Å². The summed E-state index contributed by atoms with van der Waals surface area (Å²) in [5.74, 6) is -0.620. The predicted molar refractivity (Wildman–Crippen MR) is 104 cm³/mol. The Bertz CT molecular complexity index is 1180. The molecule has 1 aromatic carbocycles. The number of halogens is 1. The summed E-state index contributed by atoms with van der Waals surface area (Å²) in [7, 11) is -3.29. The zero-order valence-electron chi connectivity index (χ0n) is 15.9. The minimum atomic E-state index is -3.29. The highest BCUT2D eigenvalue weighted by Crippen LogP contribution is 2.28. The molecule has 0 saturated carbocycles. The second kappa shape index (κ2) is 7.20. The van der Waals surface area contributed by atoms with Gasteiger partial charge >= 0.3 is 0 Å². The van der Waals surface area contributed by atoms with Gasteiger partial charge in [-0.15, -0.1) is 0 Å². The van der Waals surface area contributed by atoms with Gasteiger partial charge in [0.1, 0.15) is 5.82 Å². The summed E-state index contributed by atoms with van der Waals surface area (Å²) in [6.45, 7) is 2.78. The number of fused-ring (bicyclic) bond motifs is 1. The maximum atomic E-state index is 13.3. The molecule has 10 heteroatoms. The molecule has 4 rings (SSSR count). The number of hydrogen-bond acceptors (Lipinski definition) is 6. The summed E-state index contributed by atoms with van der Waals surface area (Å²) in [4.78, 5) is 19.3. The molecule has 2 aromatic heterocycles. The highest BCUT2D eigenvalue weighted by molar-refractivity contribution is 7.88. The zero-order chi connectivity index (χ0) is 20.8. The van der Waals surface area contributed by atoms with Crippen molar-refractivity contribution in [3.63, 3.8) is 0 Å². The molecular weight excluding hydrogens is 399 g/mol. The number of piperazine rings is 1. The Labute approximate surface area is 167 Å². The van der Waals surface area contributed by atoms with E-state index in [0.717, 1.165) is 6.26 Å². The number of rotatable bonds is 3. The van der Waals surface area contributed by atoms with E-state index in [-0.39, 0.29) is 43.6 Å². The minimum absolute atomic E-state index is 0.224. The summed E-state index contributed by atoms with van der Waals surface area (Å²) in [5.41, 5.74) is 2.24. The van der Waals surface area contributed by atoms with Crippen LogP contribution in [-0.4, -0.2) is 66.1 Å². The van der Waals surface area contributed by atoms with Gasteiger partial charge in [-0.3, -0.25) is 4.79 Å². The van der Waals surface area contributed by atoms with Gasteiger partial charge in [-0.1, -0.05) is 5.16 Å². The van der Waals surface area contributed by atoms with E-state index in [4.69, 9.17) is 4.52 Å². The maximum absolute atomic E-state index is 13.3. The SMILES string of the molecule is Cc1noc2nc(-c3ccc(F)cc3)cc(C(=O)N3CCN(S(C)(=O)=O)CC3)c12. The average molecular weight is 418 g/mol. The van der Waals surface area contributed by atoms with Crippen LogP contribution in [0.1, 0.15) is 16.1 Å². The number of sulfonamides is 1. The Morgan fingerprint density at radius 1 is 1.14 bits per heavy atom. The Balaban J connectivity index is 1.71. The monoisotopic (exact) mass is 418 g/mol. The molecule has 1 fully saturated rings. The van der Waals surface area contributed by atoms with Crippen molar-refractivity contribution in [1.82, 2.24) is 19.3 Å². The number of pyridine rings is 1. The smallest absolute Gasteiger partial charge is 0.259 e. The number of nitrogens with zero attached hydrogens (tertiary/aromatic N) is 4. The first kappa shape index (κ1) is 19.5. The minimum Gasteiger partial charge on any atom is -0.336 e. The van der Waals surface area contributed by atoms with Crippen LogP contribution >= 0.6 is 0 Å². The molecular formula is C19H19FN4O4S. The maximum Gasteiger partial charge on any atom is 0.259 e. The molecule has 0 spiro atoms. The van der Waals surface area contributed by atoms with Gasteiger partial charge in [-0.2, -0.15) is 4.31 Å². The fourth-order valence-electron chi connectivity index (χ4n) is 3.43. The third kappa shape index (κ3) is 3.73. The molecule has 29 heavy (non-hydrogen) atoms. The molecule has 0 atom stereocenters. The first-order valence-electron chi connectivity index (χ1n) is 9.01. The van der Waals surface area contributed by atoms with Crippen LogP contribution in [0.4, 0.5) is 4.39 Å². The summed E-state index contributed by atoms with van der Waals surface area (Å²) >= 11 is 0. The largest absolute Gasteiger partial charge is 0.336 e. The molecule has 3 aromatic rings. The summed E-state index contributed by atoms with van der Waals surface area (Å²) < 4.78 is 43.3. The lowest BCUT2D eigenvalue weighted by atomic mass is 10.0. The number of hydrogen-bond donors (Lipinski definition) is 0. The van der Waals surface area contributed by atoms with Gasteiger partial charge in [0.05, 0.1) is 28.6 Å². The Kier molecular flexibility index (Phi) is 4.83. The number of carbonyl (C=O) groups is 1. The molecule has 0 unspecified atom stereocenters. The highest BCUT2D eigenvalue weighted by atomic mass is 32.2. The Morgan fingerprint density at radius 3 is 2.41 bits per heavy atom.